The highest BCUT2D eigenvalue weighted by Gasteiger charge is 2.31. The fourth-order valence-corrected chi connectivity index (χ4v) is 2.16. The second-order valence-corrected chi connectivity index (χ2v) is 5.29. The summed E-state index contributed by atoms with van der Waals surface area (Å²) in [5, 5.41) is 7.88. The van der Waals surface area contributed by atoms with Crippen LogP contribution in [0.4, 0.5) is 26.3 Å². The fraction of sp³-hybridized carbons (Fsp3) is 0.125. The van der Waals surface area contributed by atoms with Crippen molar-refractivity contribution in [2.75, 3.05) is 0 Å². The Kier molecular flexibility index (Phi) is 4.34. The lowest BCUT2D eigenvalue weighted by Crippen LogP contribution is -2.34. The Morgan fingerprint density at radius 3 is 1.08 bits per heavy atom. The number of hydrazone groups is 2. The minimum Gasteiger partial charge on any atom is -0.257 e. The molecule has 10 heteroatoms. The predicted octanol–water partition coefficient (Wildman–Crippen LogP) is 3.94. The Labute approximate surface area is 143 Å². The topological polar surface area (TPSA) is 48.8 Å². The Morgan fingerprint density at radius 1 is 0.538 bits per heavy atom. The van der Waals surface area contributed by atoms with Crippen LogP contribution < -0.4 is 10.9 Å². The van der Waals surface area contributed by atoms with Gasteiger partial charge in [-0.3, -0.25) is 10.9 Å². The Hall–Kier alpha value is -3.04. The second-order valence-electron chi connectivity index (χ2n) is 5.29. The van der Waals surface area contributed by atoms with Gasteiger partial charge in [0.2, 0.25) is 0 Å². The molecule has 2 N–H and O–H groups in total. The van der Waals surface area contributed by atoms with Crippen LogP contribution >= 0.6 is 0 Å². The standard InChI is InChI=1S/C16H10F6N4/c17-15(18,19)11-5-1-9(2-6-11)13-23-25-14(26-24-13)10-3-7-12(8-4-10)16(20,21)22/h1-8H,(H,23,24)(H,25,26). The molecule has 0 fully saturated rings. The van der Waals surface area contributed by atoms with Crippen LogP contribution in [0.3, 0.4) is 0 Å². The van der Waals surface area contributed by atoms with Gasteiger partial charge in [-0.2, -0.15) is 36.5 Å². The largest absolute Gasteiger partial charge is 0.416 e. The molecule has 0 aliphatic carbocycles. The van der Waals surface area contributed by atoms with Crippen molar-refractivity contribution in [2.24, 2.45) is 10.2 Å². The molecule has 0 spiro atoms. The molecule has 0 bridgehead atoms. The molecule has 2 aromatic rings. The van der Waals surface area contributed by atoms with Gasteiger partial charge in [-0.1, -0.05) is 24.3 Å². The van der Waals surface area contributed by atoms with Crippen LogP contribution in [0.25, 0.3) is 0 Å². The van der Waals surface area contributed by atoms with E-state index in [0.717, 1.165) is 24.3 Å². The number of alkyl halides is 6. The van der Waals surface area contributed by atoms with Gasteiger partial charge in [-0.25, -0.2) is 0 Å². The smallest absolute Gasteiger partial charge is 0.257 e. The lowest BCUT2D eigenvalue weighted by Gasteiger charge is -2.16. The molecule has 26 heavy (non-hydrogen) atoms. The van der Waals surface area contributed by atoms with Gasteiger partial charge in [0.05, 0.1) is 11.1 Å². The molecule has 0 aromatic heterocycles. The van der Waals surface area contributed by atoms with Crippen molar-refractivity contribution in [3.05, 3.63) is 70.8 Å². The molecule has 1 aliphatic heterocycles. The van der Waals surface area contributed by atoms with E-state index >= 15 is 0 Å². The van der Waals surface area contributed by atoms with Gasteiger partial charge >= 0.3 is 12.4 Å². The number of nitrogens with one attached hydrogen (secondary N) is 2. The highest BCUT2D eigenvalue weighted by molar-refractivity contribution is 6.05. The van der Waals surface area contributed by atoms with E-state index in [2.05, 4.69) is 21.1 Å². The van der Waals surface area contributed by atoms with Crippen LogP contribution in [0.15, 0.2) is 58.7 Å². The van der Waals surface area contributed by atoms with E-state index in [0.29, 0.717) is 11.1 Å². The molecule has 1 aliphatic rings. The Balaban J connectivity index is 1.72. The third kappa shape index (κ3) is 3.79. The number of rotatable bonds is 2. The fourth-order valence-electron chi connectivity index (χ4n) is 2.16. The summed E-state index contributed by atoms with van der Waals surface area (Å²) in [5.41, 5.74) is 4.26. The van der Waals surface area contributed by atoms with E-state index in [-0.39, 0.29) is 11.7 Å². The summed E-state index contributed by atoms with van der Waals surface area (Å²) in [4.78, 5) is 0. The maximum Gasteiger partial charge on any atom is 0.416 e. The van der Waals surface area contributed by atoms with Crippen molar-refractivity contribution in [2.45, 2.75) is 12.4 Å². The van der Waals surface area contributed by atoms with Gasteiger partial charge in [-0.15, -0.1) is 0 Å². The number of hydrogen-bond acceptors (Lipinski definition) is 4. The van der Waals surface area contributed by atoms with Crippen molar-refractivity contribution in [1.29, 1.82) is 0 Å². The molecule has 0 saturated heterocycles. The van der Waals surface area contributed by atoms with Gasteiger partial charge in [0, 0.05) is 11.1 Å². The molecule has 136 valence electrons. The average molecular weight is 372 g/mol. The number of amidine groups is 2. The van der Waals surface area contributed by atoms with Crippen molar-refractivity contribution < 1.29 is 26.3 Å². The van der Waals surface area contributed by atoms with Crippen molar-refractivity contribution in [3.8, 4) is 0 Å². The molecule has 4 nitrogen and oxygen atoms in total. The van der Waals surface area contributed by atoms with E-state index in [4.69, 9.17) is 0 Å². The van der Waals surface area contributed by atoms with Crippen molar-refractivity contribution in [3.63, 3.8) is 0 Å². The van der Waals surface area contributed by atoms with E-state index < -0.39 is 23.5 Å². The summed E-state index contributed by atoms with van der Waals surface area (Å²) in [6, 6.07) is 8.57. The predicted molar refractivity (Wildman–Crippen MR) is 82.2 cm³/mol. The molecule has 0 amide bonds. The van der Waals surface area contributed by atoms with Gasteiger partial charge in [0.15, 0.2) is 11.7 Å². The molecular weight excluding hydrogens is 362 g/mol. The summed E-state index contributed by atoms with van der Waals surface area (Å²) in [6.07, 6.45) is -8.88. The van der Waals surface area contributed by atoms with Crippen molar-refractivity contribution >= 4 is 11.7 Å². The molecule has 0 radical (unpaired) electrons. The minimum atomic E-state index is -4.44. The summed E-state index contributed by atoms with van der Waals surface area (Å²) < 4.78 is 75.3. The van der Waals surface area contributed by atoms with E-state index in [1.54, 1.807) is 0 Å². The summed E-state index contributed by atoms with van der Waals surface area (Å²) in [7, 11) is 0. The van der Waals surface area contributed by atoms with Crippen LogP contribution in [-0.4, -0.2) is 11.7 Å². The Bertz CT molecular complexity index is 775. The summed E-state index contributed by atoms with van der Waals surface area (Å²) >= 11 is 0. The summed E-state index contributed by atoms with van der Waals surface area (Å²) in [6.45, 7) is 0. The monoisotopic (exact) mass is 372 g/mol. The van der Waals surface area contributed by atoms with Gasteiger partial charge in [0.25, 0.3) is 0 Å². The molecular formula is C16H10F6N4. The molecule has 3 rings (SSSR count). The Morgan fingerprint density at radius 2 is 0.846 bits per heavy atom. The molecule has 1 heterocycles. The second kappa shape index (κ2) is 6.36. The maximum atomic E-state index is 12.6. The zero-order chi connectivity index (χ0) is 18.9. The van der Waals surface area contributed by atoms with Gasteiger partial charge in [0.1, 0.15) is 0 Å². The van der Waals surface area contributed by atoms with Crippen LogP contribution in [-0.2, 0) is 12.4 Å². The highest BCUT2D eigenvalue weighted by Crippen LogP contribution is 2.30. The first kappa shape index (κ1) is 17.8. The first-order valence-corrected chi connectivity index (χ1v) is 7.17. The highest BCUT2D eigenvalue weighted by atomic mass is 19.4. The lowest BCUT2D eigenvalue weighted by molar-refractivity contribution is -0.138. The van der Waals surface area contributed by atoms with Crippen LogP contribution in [0.1, 0.15) is 22.3 Å². The third-order valence-corrected chi connectivity index (χ3v) is 3.52. The zero-order valence-corrected chi connectivity index (χ0v) is 12.8. The molecule has 0 atom stereocenters. The number of benzene rings is 2. The average Bonchev–Trinajstić information content (AvgIpc) is 2.61. The molecule has 0 saturated carbocycles. The number of nitrogens with zero attached hydrogens (tertiary/aromatic N) is 2. The minimum absolute atomic E-state index is 0.175. The van der Waals surface area contributed by atoms with Gasteiger partial charge < -0.3 is 0 Å². The normalized spacial score (nSPS) is 14.8. The molecule has 2 aromatic carbocycles. The van der Waals surface area contributed by atoms with Crippen LogP contribution in [0, 0.1) is 0 Å². The number of hydrogen-bond donors (Lipinski definition) is 2. The van der Waals surface area contributed by atoms with Crippen molar-refractivity contribution in [1.82, 2.24) is 10.9 Å². The number of halogens is 6. The third-order valence-electron chi connectivity index (χ3n) is 3.52. The lowest BCUT2D eigenvalue weighted by atomic mass is 10.1. The maximum absolute atomic E-state index is 12.6. The summed E-state index contributed by atoms with van der Waals surface area (Å²) in [5.74, 6) is 0.351. The first-order valence-electron chi connectivity index (χ1n) is 7.17. The van der Waals surface area contributed by atoms with E-state index in [9.17, 15) is 26.3 Å². The van der Waals surface area contributed by atoms with E-state index in [1.807, 2.05) is 0 Å². The zero-order valence-electron chi connectivity index (χ0n) is 12.8. The first-order chi connectivity index (χ1) is 12.1. The van der Waals surface area contributed by atoms with E-state index in [1.165, 1.54) is 24.3 Å². The molecule has 0 unspecified atom stereocenters. The van der Waals surface area contributed by atoms with Gasteiger partial charge in [-0.05, 0) is 24.3 Å². The SMILES string of the molecule is FC(F)(F)c1ccc(C2=NNC(c3ccc(C(F)(F)F)cc3)=NN2)cc1. The quantitative estimate of drug-likeness (QED) is 0.785. The van der Waals surface area contributed by atoms with Crippen LogP contribution in [0.2, 0.25) is 0 Å². The van der Waals surface area contributed by atoms with Crippen LogP contribution in [0.5, 0.6) is 0 Å².